The molecule has 0 fully saturated rings. The van der Waals surface area contributed by atoms with E-state index in [-0.39, 0.29) is 11.9 Å². The second kappa shape index (κ2) is 14.6. The van der Waals surface area contributed by atoms with Crippen LogP contribution in [-0.4, -0.2) is 44.9 Å². The van der Waals surface area contributed by atoms with Crippen LogP contribution in [0.3, 0.4) is 0 Å². The summed E-state index contributed by atoms with van der Waals surface area (Å²) in [7, 11) is -13.4. The smallest absolute Gasteiger partial charge is 0.421 e. The molecule has 1 heterocycles. The monoisotopic (exact) mass is 608 g/mol. The van der Waals surface area contributed by atoms with E-state index >= 15 is 0 Å². The van der Waals surface area contributed by atoms with Crippen molar-refractivity contribution in [3.8, 4) is 0 Å². The molecule has 1 N–H and O–H groups in total. The Bertz CT molecular complexity index is 1210. The van der Waals surface area contributed by atoms with Gasteiger partial charge in [0.05, 0.1) is 6.54 Å². The Kier molecular flexibility index (Phi) is 12.9. The molecule has 0 aliphatic rings. The molecule has 0 spiro atoms. The quantitative estimate of drug-likeness (QED) is 0.219. The van der Waals surface area contributed by atoms with Crippen LogP contribution in [0.4, 0.5) is 26.3 Å². The van der Waals surface area contributed by atoms with Crippen LogP contribution in [-0.2, 0) is 37.8 Å². The third-order valence-electron chi connectivity index (χ3n) is 5.03. The summed E-state index contributed by atoms with van der Waals surface area (Å²) in [6.07, 6.45) is 11.3. The molecular formula is C22H30F6N4O5S2. The van der Waals surface area contributed by atoms with Crippen molar-refractivity contribution in [3.63, 3.8) is 0 Å². The molecule has 9 nitrogen and oxygen atoms in total. The molecule has 1 atom stereocenters. The molecule has 1 aromatic carbocycles. The average molecular weight is 609 g/mol. The summed E-state index contributed by atoms with van der Waals surface area (Å²) < 4.78 is 113. The van der Waals surface area contributed by atoms with Crippen LogP contribution in [0.25, 0.3) is 4.13 Å². The second-order valence-corrected chi connectivity index (χ2v) is 11.6. The van der Waals surface area contributed by atoms with Crippen LogP contribution >= 0.6 is 0 Å². The lowest BCUT2D eigenvalue weighted by atomic mass is 10.1. The van der Waals surface area contributed by atoms with Crippen molar-refractivity contribution in [2.24, 2.45) is 0 Å². The summed E-state index contributed by atoms with van der Waals surface area (Å²) in [6.45, 7) is 6.07. The molecule has 2 rings (SSSR count). The number of hydrogen-bond acceptors (Lipinski definition) is 5. The van der Waals surface area contributed by atoms with Crippen LogP contribution in [0.2, 0.25) is 0 Å². The predicted octanol–water partition coefficient (Wildman–Crippen LogP) is 4.34. The number of nitrogens with zero attached hydrogens (tertiary/aromatic N) is 3. The number of carbonyl (C=O) groups excluding carboxylic acids is 1. The molecule has 1 aromatic heterocycles. The van der Waals surface area contributed by atoms with E-state index in [9.17, 15) is 48.0 Å². The molecule has 0 radical (unpaired) electrons. The van der Waals surface area contributed by atoms with Gasteiger partial charge in [0.1, 0.15) is 12.4 Å². The van der Waals surface area contributed by atoms with Crippen molar-refractivity contribution < 1.29 is 52.5 Å². The van der Waals surface area contributed by atoms with E-state index in [2.05, 4.69) is 48.4 Å². The van der Waals surface area contributed by atoms with Crippen LogP contribution in [0, 0.1) is 0 Å². The molecule has 0 saturated carbocycles. The lowest BCUT2D eigenvalue weighted by Gasteiger charge is -2.22. The minimum absolute atomic E-state index is 0.102. The number of benzene rings is 1. The highest BCUT2D eigenvalue weighted by molar-refractivity contribution is 8.13. The maximum Gasteiger partial charge on any atom is 0.480 e. The summed E-state index contributed by atoms with van der Waals surface area (Å²) >= 11 is 0. The molecule has 39 heavy (non-hydrogen) atoms. The maximum absolute atomic E-state index is 12.7. The fourth-order valence-corrected chi connectivity index (χ4v) is 4.67. The van der Waals surface area contributed by atoms with Gasteiger partial charge < -0.3 is 9.44 Å². The summed E-state index contributed by atoms with van der Waals surface area (Å²) in [4.78, 5) is 12.7. The molecule has 0 unspecified atom stereocenters. The number of amides is 1. The van der Waals surface area contributed by atoms with Crippen molar-refractivity contribution in [2.75, 3.05) is 6.54 Å². The summed E-state index contributed by atoms with van der Waals surface area (Å²) in [6, 6.07) is 10.0. The second-order valence-electron chi connectivity index (χ2n) is 8.22. The zero-order valence-corrected chi connectivity index (χ0v) is 22.7. The van der Waals surface area contributed by atoms with E-state index in [1.165, 1.54) is 12.0 Å². The van der Waals surface area contributed by atoms with Gasteiger partial charge >= 0.3 is 11.0 Å². The van der Waals surface area contributed by atoms with Crippen LogP contribution < -0.4 is 9.88 Å². The number of halogens is 6. The Morgan fingerprint density at radius 1 is 0.949 bits per heavy atom. The molecule has 222 valence electrons. The van der Waals surface area contributed by atoms with Crippen molar-refractivity contribution in [3.05, 3.63) is 58.7 Å². The van der Waals surface area contributed by atoms with Gasteiger partial charge in [0.2, 0.25) is 6.33 Å². The average Bonchev–Trinajstić information content (AvgIpc) is 3.29. The van der Waals surface area contributed by atoms with E-state index in [0.717, 1.165) is 36.5 Å². The van der Waals surface area contributed by atoms with Crippen molar-refractivity contribution >= 4 is 26.0 Å². The molecular weight excluding hydrogens is 578 g/mol. The SMILES string of the molecule is CCCCNC(=O)[C@H](Cc1ccccc1)n1cc[n+](CCCC)c1.O=S(=O)([N-]S(=O)(=O)C(F)(F)F)C(F)(F)F. The number of hydrogen-bond donors (Lipinski definition) is 1. The fraction of sp³-hybridized carbons (Fsp3) is 0.545. The van der Waals surface area contributed by atoms with Crippen molar-refractivity contribution in [2.45, 2.75) is 69.6 Å². The summed E-state index contributed by atoms with van der Waals surface area (Å²) in [5.74, 6) is 0.102. The van der Waals surface area contributed by atoms with Gasteiger partial charge in [-0.2, -0.15) is 26.3 Å². The van der Waals surface area contributed by atoms with Gasteiger partial charge in [-0.15, -0.1) is 0 Å². The normalized spacial score (nSPS) is 13.3. The lowest BCUT2D eigenvalue weighted by Crippen LogP contribution is -2.36. The molecule has 17 heteroatoms. The van der Waals surface area contributed by atoms with E-state index in [1.807, 2.05) is 29.0 Å². The van der Waals surface area contributed by atoms with Crippen LogP contribution in [0.5, 0.6) is 0 Å². The standard InChI is InChI=1S/C20H29N3O.C2F6NO4S2/c1-3-5-12-21-20(24)19(16-18-10-8-7-9-11-18)23-15-14-22(17-23)13-6-4-2;3-1(4,5)14(10,11)9-15(12,13)2(6,7)8/h7-11,14-15,17,19H,3-6,12-13,16H2,1-2H3;/q;-1/p+1/t19-;/m0./s1. The highest BCUT2D eigenvalue weighted by atomic mass is 32.3. The zero-order valence-electron chi connectivity index (χ0n) is 21.1. The first-order valence-electron chi connectivity index (χ1n) is 11.7. The van der Waals surface area contributed by atoms with Gasteiger partial charge in [0.25, 0.3) is 5.91 Å². The van der Waals surface area contributed by atoms with Crippen molar-refractivity contribution in [1.29, 1.82) is 0 Å². The molecule has 0 saturated heterocycles. The molecule has 0 aliphatic carbocycles. The molecule has 2 aromatic rings. The molecule has 0 bridgehead atoms. The number of aromatic nitrogens is 2. The minimum Gasteiger partial charge on any atom is -0.421 e. The number of nitrogens with one attached hydrogen (secondary N) is 1. The lowest BCUT2D eigenvalue weighted by molar-refractivity contribution is -0.696. The first-order chi connectivity index (χ1) is 17.9. The molecule has 0 aliphatic heterocycles. The van der Waals surface area contributed by atoms with Gasteiger partial charge in [-0.25, -0.2) is 26.0 Å². The predicted molar refractivity (Wildman–Crippen MR) is 130 cm³/mol. The fourth-order valence-electron chi connectivity index (χ4n) is 2.96. The number of alkyl halides is 6. The maximum atomic E-state index is 12.7. The number of unbranched alkanes of at least 4 members (excludes halogenated alkanes) is 2. The van der Waals surface area contributed by atoms with Gasteiger partial charge in [0, 0.05) is 13.0 Å². The van der Waals surface area contributed by atoms with E-state index in [0.29, 0.717) is 6.42 Å². The summed E-state index contributed by atoms with van der Waals surface area (Å²) in [5, 5.41) is 3.09. The number of aryl methyl sites for hydroxylation is 1. The van der Waals surface area contributed by atoms with Crippen molar-refractivity contribution in [1.82, 2.24) is 9.88 Å². The Labute approximate surface area is 223 Å². The van der Waals surface area contributed by atoms with Gasteiger partial charge in [0.15, 0.2) is 26.1 Å². The number of sulfonamides is 2. The molecule has 1 amide bonds. The van der Waals surface area contributed by atoms with Gasteiger partial charge in [-0.05, 0) is 18.4 Å². The zero-order chi connectivity index (χ0) is 29.9. The largest absolute Gasteiger partial charge is 0.480 e. The van der Waals surface area contributed by atoms with E-state index < -0.39 is 31.1 Å². The van der Waals surface area contributed by atoms with Crippen LogP contribution in [0.15, 0.2) is 49.1 Å². The highest BCUT2D eigenvalue weighted by Gasteiger charge is 2.46. The van der Waals surface area contributed by atoms with Gasteiger partial charge in [-0.1, -0.05) is 57.0 Å². The highest BCUT2D eigenvalue weighted by Crippen LogP contribution is 2.36. The summed E-state index contributed by atoms with van der Waals surface area (Å²) in [5.41, 5.74) is -11.2. The Morgan fingerprint density at radius 2 is 1.49 bits per heavy atom. The number of rotatable bonds is 12. The Morgan fingerprint density at radius 3 is 1.97 bits per heavy atom. The van der Waals surface area contributed by atoms with Crippen LogP contribution in [0.1, 0.15) is 51.1 Å². The third kappa shape index (κ3) is 11.2. The van der Waals surface area contributed by atoms with E-state index in [4.69, 9.17) is 0 Å². The minimum atomic E-state index is -6.72. The first kappa shape index (κ1) is 34.4. The Hall–Kier alpha value is -2.66. The van der Waals surface area contributed by atoms with Gasteiger partial charge in [-0.3, -0.25) is 4.79 Å². The number of imidazole rings is 1. The first-order valence-corrected chi connectivity index (χ1v) is 14.6. The third-order valence-corrected chi connectivity index (χ3v) is 7.77. The number of carbonyl (C=O) groups is 1. The topological polar surface area (TPSA) is 120 Å². The Balaban J connectivity index is 0.000000439. The van der Waals surface area contributed by atoms with E-state index in [1.54, 1.807) is 0 Å².